The Bertz CT molecular complexity index is 3580. The molecular weight excluding hydrogens is 815 g/mol. The van der Waals surface area contributed by atoms with Crippen LogP contribution < -0.4 is 0 Å². The summed E-state index contributed by atoms with van der Waals surface area (Å²) in [7, 11) is 0. The summed E-state index contributed by atoms with van der Waals surface area (Å²) in [5.41, 5.74) is 19.4. The van der Waals surface area contributed by atoms with Gasteiger partial charge in [-0.15, -0.1) is 0 Å². The van der Waals surface area contributed by atoms with E-state index in [0.29, 0.717) is 23.3 Å². The van der Waals surface area contributed by atoms with Crippen molar-refractivity contribution in [2.45, 2.75) is 5.41 Å². The first-order chi connectivity index (χ1) is 33.2. The number of hydrogen-bond acceptors (Lipinski definition) is 5. The van der Waals surface area contributed by atoms with Crippen molar-refractivity contribution < 1.29 is 0 Å². The molecule has 5 nitrogen and oxygen atoms in total. The highest BCUT2D eigenvalue weighted by atomic mass is 15.0. The number of nitrogens with zero attached hydrogens (tertiary/aromatic N) is 5. The fourth-order valence-electron chi connectivity index (χ4n) is 10.3. The first kappa shape index (κ1) is 38.5. The largest absolute Gasteiger partial charge is 0.228 e. The number of aromatic nitrogens is 5. The molecule has 67 heavy (non-hydrogen) atoms. The number of fused-ring (bicyclic) bond motifs is 10. The highest BCUT2D eigenvalue weighted by molar-refractivity contribution is 5.96. The summed E-state index contributed by atoms with van der Waals surface area (Å²) in [5.74, 6) is 2.55. The van der Waals surface area contributed by atoms with Crippen molar-refractivity contribution in [2.75, 3.05) is 0 Å². The summed E-state index contributed by atoms with van der Waals surface area (Å²) < 4.78 is 0. The molecule has 2 aromatic heterocycles. The third-order valence-electron chi connectivity index (χ3n) is 13.4. The van der Waals surface area contributed by atoms with Gasteiger partial charge in [0.25, 0.3) is 0 Å². The van der Waals surface area contributed by atoms with Gasteiger partial charge >= 0.3 is 0 Å². The van der Waals surface area contributed by atoms with Crippen molar-refractivity contribution in [3.63, 3.8) is 0 Å². The molecule has 0 atom stereocenters. The van der Waals surface area contributed by atoms with Crippen LogP contribution in [0.5, 0.6) is 0 Å². The van der Waals surface area contributed by atoms with Crippen LogP contribution in [0.4, 0.5) is 0 Å². The molecule has 0 unspecified atom stereocenters. The third-order valence-corrected chi connectivity index (χ3v) is 13.4. The Morgan fingerprint density at radius 2 is 0.552 bits per heavy atom. The van der Waals surface area contributed by atoms with Gasteiger partial charge in [-0.1, -0.05) is 212 Å². The second kappa shape index (κ2) is 15.7. The first-order valence-electron chi connectivity index (χ1n) is 22.7. The van der Waals surface area contributed by atoms with Crippen LogP contribution in [0.15, 0.2) is 237 Å². The highest BCUT2D eigenvalue weighted by Crippen LogP contribution is 2.63. The predicted molar refractivity (Wildman–Crippen MR) is 270 cm³/mol. The second-order valence-electron chi connectivity index (χ2n) is 17.2. The van der Waals surface area contributed by atoms with Gasteiger partial charge in [0.05, 0.1) is 16.8 Å². The molecule has 0 aliphatic heterocycles. The molecule has 0 bridgehead atoms. The van der Waals surface area contributed by atoms with Crippen LogP contribution in [0.3, 0.4) is 0 Å². The summed E-state index contributed by atoms with van der Waals surface area (Å²) in [6.07, 6.45) is 0. The van der Waals surface area contributed by atoms with Gasteiger partial charge in [-0.3, -0.25) is 0 Å². The van der Waals surface area contributed by atoms with Crippen molar-refractivity contribution >= 4 is 0 Å². The quantitative estimate of drug-likeness (QED) is 0.160. The van der Waals surface area contributed by atoms with E-state index in [-0.39, 0.29) is 0 Å². The average molecular weight is 854 g/mol. The molecule has 0 amide bonds. The Morgan fingerprint density at radius 1 is 0.209 bits per heavy atom. The summed E-state index contributed by atoms with van der Waals surface area (Å²) >= 11 is 0. The molecule has 0 fully saturated rings. The van der Waals surface area contributed by atoms with Crippen molar-refractivity contribution in [3.05, 3.63) is 259 Å². The molecule has 11 aromatic rings. The van der Waals surface area contributed by atoms with Crippen LogP contribution in [-0.2, 0) is 5.41 Å². The van der Waals surface area contributed by atoms with Crippen LogP contribution in [0.25, 0.3) is 101 Å². The average Bonchev–Trinajstić information content (AvgIpc) is 3.88. The van der Waals surface area contributed by atoms with Gasteiger partial charge in [-0.2, -0.15) is 0 Å². The fourth-order valence-corrected chi connectivity index (χ4v) is 10.3. The van der Waals surface area contributed by atoms with E-state index in [2.05, 4.69) is 158 Å². The minimum atomic E-state index is -0.455. The zero-order chi connectivity index (χ0) is 44.3. The van der Waals surface area contributed by atoms with Crippen molar-refractivity contribution in [3.8, 4) is 101 Å². The van der Waals surface area contributed by atoms with E-state index >= 15 is 0 Å². The molecule has 1 spiro atoms. The predicted octanol–water partition coefficient (Wildman–Crippen LogP) is 14.7. The Balaban J connectivity index is 0.934. The van der Waals surface area contributed by atoms with E-state index in [0.717, 1.165) is 55.9 Å². The van der Waals surface area contributed by atoms with E-state index in [4.69, 9.17) is 24.9 Å². The molecule has 0 saturated carbocycles. The molecule has 13 rings (SSSR count). The SMILES string of the molecule is c1ccc(-c2nc(-c3cccc(-c4cccc(-c5nc(-c6ccccc6)nc(-c6ccccc6)n5)c4)c3)cc(-c3ccc4c(c3)C3(c5ccccc5-c5ccccc53)c3ccccc3-4)n2)cc1. The molecule has 2 heterocycles. The Kier molecular flexibility index (Phi) is 9.00. The monoisotopic (exact) mass is 853 g/mol. The standard InChI is InChI=1S/C62H39N5/c1-4-18-40(19-5-1)58-63-56(39-57(64-58)46-34-35-51-50-30-12-15-33-54(50)62(55(51)38-46)52-31-13-10-28-48(52)49-29-11-14-32-53(49)62)45-26-16-24-43(36-45)44-25-17-27-47(37-44)61-66-59(41-20-6-2-7-21-41)65-60(67-61)42-22-8-3-9-23-42/h1-39H. The van der Waals surface area contributed by atoms with Crippen LogP contribution >= 0.6 is 0 Å². The van der Waals surface area contributed by atoms with Crippen LogP contribution in [0.2, 0.25) is 0 Å². The zero-order valence-electron chi connectivity index (χ0n) is 36.3. The Labute approximate surface area is 388 Å². The molecular formula is C62H39N5. The molecule has 0 N–H and O–H groups in total. The van der Waals surface area contributed by atoms with E-state index < -0.39 is 5.41 Å². The summed E-state index contributed by atoms with van der Waals surface area (Å²) in [5, 5.41) is 0. The summed E-state index contributed by atoms with van der Waals surface area (Å²) in [6, 6.07) is 83.4. The lowest BCUT2D eigenvalue weighted by Gasteiger charge is -2.30. The smallest absolute Gasteiger partial charge is 0.164 e. The van der Waals surface area contributed by atoms with Crippen molar-refractivity contribution in [1.82, 2.24) is 24.9 Å². The van der Waals surface area contributed by atoms with Gasteiger partial charge in [0.15, 0.2) is 23.3 Å². The van der Waals surface area contributed by atoms with Crippen LogP contribution in [-0.4, -0.2) is 24.9 Å². The number of benzene rings is 9. The summed E-state index contributed by atoms with van der Waals surface area (Å²) in [4.78, 5) is 25.5. The normalized spacial score (nSPS) is 12.6. The maximum absolute atomic E-state index is 5.33. The second-order valence-corrected chi connectivity index (χ2v) is 17.2. The lowest BCUT2D eigenvalue weighted by molar-refractivity contribution is 0.794. The molecule has 5 heteroatoms. The zero-order valence-corrected chi connectivity index (χ0v) is 36.3. The molecule has 2 aliphatic rings. The highest BCUT2D eigenvalue weighted by Gasteiger charge is 2.51. The molecule has 312 valence electrons. The van der Waals surface area contributed by atoms with Crippen molar-refractivity contribution in [2.24, 2.45) is 0 Å². The van der Waals surface area contributed by atoms with Gasteiger partial charge in [0, 0.05) is 33.4 Å². The van der Waals surface area contributed by atoms with Gasteiger partial charge in [-0.05, 0) is 79.9 Å². The van der Waals surface area contributed by atoms with E-state index in [1.807, 2.05) is 78.9 Å². The number of rotatable bonds is 7. The van der Waals surface area contributed by atoms with E-state index in [1.54, 1.807) is 0 Å². The van der Waals surface area contributed by atoms with Crippen LogP contribution in [0, 0.1) is 0 Å². The van der Waals surface area contributed by atoms with Gasteiger partial charge in [0.1, 0.15) is 0 Å². The van der Waals surface area contributed by atoms with Crippen LogP contribution in [0.1, 0.15) is 22.3 Å². The lowest BCUT2D eigenvalue weighted by atomic mass is 9.70. The number of hydrogen-bond donors (Lipinski definition) is 0. The topological polar surface area (TPSA) is 64.5 Å². The van der Waals surface area contributed by atoms with Gasteiger partial charge in [-0.25, -0.2) is 24.9 Å². The van der Waals surface area contributed by atoms with E-state index in [1.165, 1.54) is 44.5 Å². The molecule has 2 aliphatic carbocycles. The Morgan fingerprint density at radius 3 is 1.04 bits per heavy atom. The van der Waals surface area contributed by atoms with Crippen molar-refractivity contribution in [1.29, 1.82) is 0 Å². The minimum absolute atomic E-state index is 0.455. The molecule has 0 saturated heterocycles. The van der Waals surface area contributed by atoms with Gasteiger partial charge < -0.3 is 0 Å². The first-order valence-corrected chi connectivity index (χ1v) is 22.7. The summed E-state index contributed by atoms with van der Waals surface area (Å²) in [6.45, 7) is 0. The molecule has 9 aromatic carbocycles. The Hall–Kier alpha value is -8.93. The van der Waals surface area contributed by atoms with E-state index in [9.17, 15) is 0 Å². The van der Waals surface area contributed by atoms with Gasteiger partial charge in [0.2, 0.25) is 0 Å². The fraction of sp³-hybridized carbons (Fsp3) is 0.0161. The minimum Gasteiger partial charge on any atom is -0.228 e. The maximum Gasteiger partial charge on any atom is 0.164 e. The lowest BCUT2D eigenvalue weighted by Crippen LogP contribution is -2.25. The maximum atomic E-state index is 5.33. The molecule has 0 radical (unpaired) electrons. The third kappa shape index (κ3) is 6.35.